The zero-order valence-electron chi connectivity index (χ0n) is 9.98. The molecule has 0 saturated heterocycles. The van der Waals surface area contributed by atoms with Crippen molar-refractivity contribution in [3.63, 3.8) is 0 Å². The van der Waals surface area contributed by atoms with E-state index in [4.69, 9.17) is 5.11 Å². The van der Waals surface area contributed by atoms with E-state index in [2.05, 4.69) is 22.1 Å². The predicted octanol–water partition coefficient (Wildman–Crippen LogP) is 2.02. The number of aliphatic hydroxyl groups is 1. The van der Waals surface area contributed by atoms with Gasteiger partial charge in [-0.15, -0.1) is 0 Å². The number of aliphatic hydroxyl groups excluding tert-OH is 1. The van der Waals surface area contributed by atoms with Crippen molar-refractivity contribution >= 4 is 22.4 Å². The number of aromatic nitrogens is 1. The quantitative estimate of drug-likeness (QED) is 0.833. The molecule has 20 heavy (non-hydrogen) atoms. The van der Waals surface area contributed by atoms with Crippen LogP contribution in [0, 0.1) is 23.5 Å². The van der Waals surface area contributed by atoms with Crippen molar-refractivity contribution in [1.82, 2.24) is 4.98 Å². The number of rotatable bonds is 2. The molecule has 7 heteroatoms. The molecular weight excluding hydrogens is 286 g/mol. The Hall–Kier alpha value is -2.30. The lowest BCUT2D eigenvalue weighted by Gasteiger charge is -2.01. The van der Waals surface area contributed by atoms with Gasteiger partial charge in [0.1, 0.15) is 18.2 Å². The monoisotopic (exact) mass is 294 g/mol. The van der Waals surface area contributed by atoms with E-state index in [1.807, 2.05) is 0 Å². The van der Waals surface area contributed by atoms with Gasteiger partial charge in [-0.3, -0.25) is 10.1 Å². The number of hydrogen-bond acceptors (Lipinski definition) is 4. The van der Waals surface area contributed by atoms with E-state index in [9.17, 15) is 13.6 Å². The Morgan fingerprint density at radius 2 is 2.05 bits per heavy atom. The van der Waals surface area contributed by atoms with Gasteiger partial charge < -0.3 is 5.11 Å². The molecule has 2 N–H and O–H groups in total. The van der Waals surface area contributed by atoms with Crippen LogP contribution in [0.2, 0.25) is 0 Å². The summed E-state index contributed by atoms with van der Waals surface area (Å²) in [5.74, 6) is 2.75. The molecule has 0 aliphatic rings. The summed E-state index contributed by atoms with van der Waals surface area (Å²) in [6, 6.07) is 2.54. The number of anilines is 1. The molecular formula is C13H8F2N2O2S. The molecule has 4 nitrogen and oxygen atoms in total. The fourth-order valence-electron chi connectivity index (χ4n) is 1.37. The molecule has 0 aliphatic carbocycles. The van der Waals surface area contributed by atoms with E-state index in [1.54, 1.807) is 0 Å². The molecule has 0 atom stereocenters. The molecule has 0 spiro atoms. The van der Waals surface area contributed by atoms with Crippen LogP contribution in [-0.2, 0) is 0 Å². The summed E-state index contributed by atoms with van der Waals surface area (Å²) >= 11 is 1.09. The van der Waals surface area contributed by atoms with Crippen LogP contribution >= 0.6 is 11.3 Å². The standard InChI is InChI=1S/C13H8F2N2O2S/c14-9-4-8(5-10(15)6-9)12(19)17-13-16-7-11(20-13)2-1-3-18/h4-7,18H,3H2,(H,16,17,19). The molecule has 1 heterocycles. The molecule has 1 aromatic carbocycles. The van der Waals surface area contributed by atoms with E-state index in [-0.39, 0.29) is 17.3 Å². The smallest absolute Gasteiger partial charge is 0.257 e. The lowest BCUT2D eigenvalue weighted by atomic mass is 10.2. The van der Waals surface area contributed by atoms with Crippen molar-refractivity contribution in [2.45, 2.75) is 0 Å². The van der Waals surface area contributed by atoms with E-state index in [0.717, 1.165) is 23.5 Å². The summed E-state index contributed by atoms with van der Waals surface area (Å²) in [5, 5.41) is 11.2. The summed E-state index contributed by atoms with van der Waals surface area (Å²) in [5.41, 5.74) is -0.138. The van der Waals surface area contributed by atoms with Gasteiger partial charge in [0.25, 0.3) is 5.91 Å². The second-order valence-electron chi connectivity index (χ2n) is 3.60. The zero-order valence-corrected chi connectivity index (χ0v) is 10.8. The largest absolute Gasteiger partial charge is 0.384 e. The number of carbonyl (C=O) groups excluding carboxylic acids is 1. The molecule has 102 valence electrons. The number of thiazole rings is 1. The number of nitrogens with one attached hydrogen (secondary N) is 1. The first kappa shape index (κ1) is 14.1. The molecule has 0 radical (unpaired) electrons. The average molecular weight is 294 g/mol. The maximum absolute atomic E-state index is 13.0. The molecule has 1 amide bonds. The highest BCUT2D eigenvalue weighted by atomic mass is 32.1. The van der Waals surface area contributed by atoms with Crippen LogP contribution in [0.25, 0.3) is 0 Å². The van der Waals surface area contributed by atoms with Crippen molar-refractivity contribution in [2.75, 3.05) is 11.9 Å². The van der Waals surface area contributed by atoms with Crippen LogP contribution in [0.15, 0.2) is 24.4 Å². The highest BCUT2D eigenvalue weighted by molar-refractivity contribution is 7.16. The van der Waals surface area contributed by atoms with Gasteiger partial charge in [0, 0.05) is 11.6 Å². The summed E-state index contributed by atoms with van der Waals surface area (Å²) in [6.07, 6.45) is 1.43. The van der Waals surface area contributed by atoms with Crippen molar-refractivity contribution in [3.8, 4) is 11.8 Å². The Kier molecular flexibility index (Phi) is 4.40. The summed E-state index contributed by atoms with van der Waals surface area (Å²) < 4.78 is 26.0. The lowest BCUT2D eigenvalue weighted by Crippen LogP contribution is -2.12. The maximum Gasteiger partial charge on any atom is 0.257 e. The molecule has 0 fully saturated rings. The van der Waals surface area contributed by atoms with Gasteiger partial charge in [-0.1, -0.05) is 23.2 Å². The number of hydrogen-bond donors (Lipinski definition) is 2. The van der Waals surface area contributed by atoms with Crippen LogP contribution in [-0.4, -0.2) is 22.6 Å². The Morgan fingerprint density at radius 1 is 1.35 bits per heavy atom. The lowest BCUT2D eigenvalue weighted by molar-refractivity contribution is 0.102. The highest BCUT2D eigenvalue weighted by Gasteiger charge is 2.11. The fraction of sp³-hybridized carbons (Fsp3) is 0.0769. The number of halogens is 2. The number of benzene rings is 1. The topological polar surface area (TPSA) is 62.2 Å². The Morgan fingerprint density at radius 3 is 2.70 bits per heavy atom. The van der Waals surface area contributed by atoms with Gasteiger partial charge in [-0.25, -0.2) is 13.8 Å². The third-order valence-electron chi connectivity index (χ3n) is 2.14. The van der Waals surface area contributed by atoms with Gasteiger partial charge in [-0.2, -0.15) is 0 Å². The number of carbonyl (C=O) groups is 1. The molecule has 1 aromatic heterocycles. The maximum atomic E-state index is 13.0. The first-order valence-corrected chi connectivity index (χ1v) is 6.23. The van der Waals surface area contributed by atoms with Crippen molar-refractivity contribution in [3.05, 3.63) is 46.5 Å². The normalized spacial score (nSPS) is 9.75. The fourth-order valence-corrected chi connectivity index (χ4v) is 2.06. The minimum Gasteiger partial charge on any atom is -0.384 e. The number of nitrogens with zero attached hydrogens (tertiary/aromatic N) is 1. The van der Waals surface area contributed by atoms with Gasteiger partial charge in [-0.05, 0) is 12.1 Å². The van der Waals surface area contributed by atoms with Crippen LogP contribution in [0.3, 0.4) is 0 Å². The third-order valence-corrected chi connectivity index (χ3v) is 2.97. The Balaban J connectivity index is 2.13. The molecule has 2 aromatic rings. The second-order valence-corrected chi connectivity index (χ2v) is 4.63. The Labute approximate surface area is 117 Å². The first-order chi connectivity index (χ1) is 9.58. The van der Waals surface area contributed by atoms with E-state index in [0.29, 0.717) is 10.9 Å². The van der Waals surface area contributed by atoms with Gasteiger partial charge in [0.2, 0.25) is 0 Å². The van der Waals surface area contributed by atoms with Gasteiger partial charge in [0.05, 0.1) is 11.1 Å². The summed E-state index contributed by atoms with van der Waals surface area (Å²) in [7, 11) is 0. The number of amides is 1. The molecule has 0 aliphatic heterocycles. The van der Waals surface area contributed by atoms with E-state index < -0.39 is 17.5 Å². The van der Waals surface area contributed by atoms with Crippen LogP contribution in [0.5, 0.6) is 0 Å². The third kappa shape index (κ3) is 3.60. The SMILES string of the molecule is O=C(Nc1ncc(C#CCO)s1)c1cc(F)cc(F)c1. The summed E-state index contributed by atoms with van der Waals surface area (Å²) in [6.45, 7) is -0.276. The van der Waals surface area contributed by atoms with E-state index >= 15 is 0 Å². The predicted molar refractivity (Wildman–Crippen MR) is 70.4 cm³/mol. The highest BCUT2D eigenvalue weighted by Crippen LogP contribution is 2.18. The minimum absolute atomic E-state index is 0.138. The van der Waals surface area contributed by atoms with Gasteiger partial charge >= 0.3 is 0 Å². The average Bonchev–Trinajstić information content (AvgIpc) is 2.82. The molecule has 2 rings (SSSR count). The first-order valence-electron chi connectivity index (χ1n) is 5.41. The van der Waals surface area contributed by atoms with Crippen LogP contribution in [0.1, 0.15) is 15.2 Å². The second kappa shape index (κ2) is 6.23. The molecule has 0 unspecified atom stereocenters. The molecule has 0 bridgehead atoms. The van der Waals surface area contributed by atoms with Crippen LogP contribution < -0.4 is 5.32 Å². The minimum atomic E-state index is -0.830. The molecule has 0 saturated carbocycles. The van der Waals surface area contributed by atoms with Crippen LogP contribution in [0.4, 0.5) is 13.9 Å². The van der Waals surface area contributed by atoms with Gasteiger partial charge in [0.15, 0.2) is 5.13 Å². The summed E-state index contributed by atoms with van der Waals surface area (Å²) in [4.78, 5) is 16.2. The zero-order chi connectivity index (χ0) is 14.5. The van der Waals surface area contributed by atoms with Crippen molar-refractivity contribution < 1.29 is 18.7 Å². The Bertz CT molecular complexity index is 684. The van der Waals surface area contributed by atoms with Crippen molar-refractivity contribution in [1.29, 1.82) is 0 Å². The van der Waals surface area contributed by atoms with Crippen molar-refractivity contribution in [2.24, 2.45) is 0 Å². The van der Waals surface area contributed by atoms with E-state index in [1.165, 1.54) is 6.20 Å².